The van der Waals surface area contributed by atoms with E-state index in [0.29, 0.717) is 17.1 Å². The Morgan fingerprint density at radius 2 is 1.96 bits per heavy atom. The van der Waals surface area contributed by atoms with E-state index in [1.54, 1.807) is 10.7 Å². The van der Waals surface area contributed by atoms with Crippen LogP contribution >= 0.6 is 0 Å². The van der Waals surface area contributed by atoms with Crippen LogP contribution in [0.25, 0.3) is 10.9 Å². The fraction of sp³-hybridized carbons (Fsp3) is 0.250. The van der Waals surface area contributed by atoms with E-state index in [4.69, 9.17) is 4.74 Å². The molecule has 0 bridgehead atoms. The van der Waals surface area contributed by atoms with E-state index in [9.17, 15) is 14.7 Å². The van der Waals surface area contributed by atoms with E-state index < -0.39 is 5.97 Å². The third kappa shape index (κ3) is 4.08. The molecule has 27 heavy (non-hydrogen) atoms. The maximum absolute atomic E-state index is 12.6. The maximum Gasteiger partial charge on any atom is 0.335 e. The van der Waals surface area contributed by atoms with E-state index >= 15 is 0 Å². The first kappa shape index (κ1) is 18.4. The van der Waals surface area contributed by atoms with Crippen LogP contribution in [-0.4, -0.2) is 32.9 Å². The second-order valence-electron chi connectivity index (χ2n) is 6.50. The van der Waals surface area contributed by atoms with Crippen LogP contribution in [-0.2, 0) is 18.3 Å². The highest BCUT2D eigenvalue weighted by Gasteiger charge is 2.16. The summed E-state index contributed by atoms with van der Waals surface area (Å²) in [7, 11) is 1.83. The zero-order valence-electron chi connectivity index (χ0n) is 15.4. The van der Waals surface area contributed by atoms with Crippen LogP contribution in [0.1, 0.15) is 29.9 Å². The Hall–Kier alpha value is -3.35. The number of carboxylic acid groups (broad SMARTS) is 1. The Kier molecular flexibility index (Phi) is 5.12. The topological polar surface area (TPSA) is 93.4 Å². The SMILES string of the molecule is CC(C)Oc1ccc(C(=O)O)cc1NC(=O)Cc1nn(C)c2ccccc12. The Bertz CT molecular complexity index is 1010. The van der Waals surface area contributed by atoms with Crippen molar-refractivity contribution in [2.45, 2.75) is 26.4 Å². The van der Waals surface area contributed by atoms with Gasteiger partial charge in [-0.3, -0.25) is 9.48 Å². The summed E-state index contributed by atoms with van der Waals surface area (Å²) in [4.78, 5) is 23.8. The average Bonchev–Trinajstić information content (AvgIpc) is 2.92. The van der Waals surface area contributed by atoms with Crippen molar-refractivity contribution < 1.29 is 19.4 Å². The summed E-state index contributed by atoms with van der Waals surface area (Å²) < 4.78 is 7.41. The zero-order chi connectivity index (χ0) is 19.6. The standard InChI is InChI=1S/C20H21N3O4/c1-12(2)27-18-9-8-13(20(25)26)10-16(18)21-19(24)11-15-14-6-4-5-7-17(14)23(3)22-15/h4-10,12H,11H2,1-3H3,(H,21,24)(H,25,26). The van der Waals surface area contributed by atoms with Crippen molar-refractivity contribution in [3.63, 3.8) is 0 Å². The second-order valence-corrected chi connectivity index (χ2v) is 6.50. The molecule has 0 atom stereocenters. The molecule has 7 heteroatoms. The Balaban J connectivity index is 1.86. The molecule has 0 aliphatic heterocycles. The number of para-hydroxylation sites is 1. The van der Waals surface area contributed by atoms with Crippen LogP contribution in [0, 0.1) is 0 Å². The van der Waals surface area contributed by atoms with Gasteiger partial charge >= 0.3 is 5.97 Å². The number of aromatic carboxylic acids is 1. The molecule has 140 valence electrons. The van der Waals surface area contributed by atoms with Gasteiger partial charge in [0.2, 0.25) is 5.91 Å². The number of ether oxygens (including phenoxy) is 1. The molecule has 0 aliphatic rings. The van der Waals surface area contributed by atoms with E-state index in [-0.39, 0.29) is 24.0 Å². The predicted molar refractivity (Wildman–Crippen MR) is 102 cm³/mol. The number of carboxylic acids is 1. The summed E-state index contributed by atoms with van der Waals surface area (Å²) in [5.41, 5.74) is 2.00. The number of nitrogens with zero attached hydrogens (tertiary/aromatic N) is 2. The zero-order valence-corrected chi connectivity index (χ0v) is 15.4. The third-order valence-corrected chi connectivity index (χ3v) is 4.03. The summed E-state index contributed by atoms with van der Waals surface area (Å²) in [6, 6.07) is 12.1. The minimum absolute atomic E-state index is 0.0692. The van der Waals surface area contributed by atoms with Crippen molar-refractivity contribution in [2.24, 2.45) is 7.05 Å². The number of nitrogens with one attached hydrogen (secondary N) is 1. The van der Waals surface area contributed by atoms with Gasteiger partial charge in [-0.1, -0.05) is 18.2 Å². The molecule has 1 heterocycles. The van der Waals surface area contributed by atoms with Gasteiger partial charge in [-0.05, 0) is 38.1 Å². The highest BCUT2D eigenvalue weighted by atomic mass is 16.5. The van der Waals surface area contributed by atoms with Gasteiger partial charge in [-0.2, -0.15) is 5.10 Å². The summed E-state index contributed by atoms with van der Waals surface area (Å²) in [6.07, 6.45) is -0.0455. The molecule has 0 radical (unpaired) electrons. The fourth-order valence-electron chi connectivity index (χ4n) is 2.88. The number of benzene rings is 2. The highest BCUT2D eigenvalue weighted by molar-refractivity contribution is 5.98. The molecule has 2 aromatic carbocycles. The van der Waals surface area contributed by atoms with E-state index in [2.05, 4.69) is 10.4 Å². The lowest BCUT2D eigenvalue weighted by Gasteiger charge is -2.15. The molecule has 3 aromatic rings. The largest absolute Gasteiger partial charge is 0.489 e. The highest BCUT2D eigenvalue weighted by Crippen LogP contribution is 2.27. The smallest absolute Gasteiger partial charge is 0.335 e. The van der Waals surface area contributed by atoms with Crippen LogP contribution in [0.15, 0.2) is 42.5 Å². The van der Waals surface area contributed by atoms with Gasteiger partial charge in [-0.25, -0.2) is 4.79 Å². The number of aryl methyl sites for hydroxylation is 1. The molecule has 1 aromatic heterocycles. The first-order chi connectivity index (χ1) is 12.8. The summed E-state index contributed by atoms with van der Waals surface area (Å²) in [5.74, 6) is -0.943. The second kappa shape index (κ2) is 7.49. The van der Waals surface area contributed by atoms with Gasteiger partial charge in [0, 0.05) is 12.4 Å². The Labute approximate surface area is 156 Å². The number of hydrogen-bond donors (Lipinski definition) is 2. The van der Waals surface area contributed by atoms with Crippen molar-refractivity contribution in [1.29, 1.82) is 0 Å². The van der Waals surface area contributed by atoms with Crippen LogP contribution in [0.2, 0.25) is 0 Å². The number of rotatable bonds is 6. The first-order valence-electron chi connectivity index (χ1n) is 8.59. The normalized spacial score (nSPS) is 11.0. The van der Waals surface area contributed by atoms with Crippen LogP contribution < -0.4 is 10.1 Å². The van der Waals surface area contributed by atoms with Crippen LogP contribution in [0.5, 0.6) is 5.75 Å². The van der Waals surface area contributed by atoms with Gasteiger partial charge < -0.3 is 15.2 Å². The predicted octanol–water partition coefficient (Wildman–Crippen LogP) is 3.24. The number of aromatic nitrogens is 2. The molecule has 3 rings (SSSR count). The number of hydrogen-bond acceptors (Lipinski definition) is 4. The summed E-state index contributed by atoms with van der Waals surface area (Å²) >= 11 is 0. The number of fused-ring (bicyclic) bond motifs is 1. The first-order valence-corrected chi connectivity index (χ1v) is 8.59. The van der Waals surface area contributed by atoms with Crippen molar-refractivity contribution in [3.05, 3.63) is 53.7 Å². The lowest BCUT2D eigenvalue weighted by atomic mass is 10.1. The molecule has 2 N–H and O–H groups in total. The quantitative estimate of drug-likeness (QED) is 0.698. The fourth-order valence-corrected chi connectivity index (χ4v) is 2.88. The van der Waals surface area contributed by atoms with Gasteiger partial charge in [0.1, 0.15) is 5.75 Å². The third-order valence-electron chi connectivity index (χ3n) is 4.03. The van der Waals surface area contributed by atoms with Crippen molar-refractivity contribution in [3.8, 4) is 5.75 Å². The number of amides is 1. The van der Waals surface area contributed by atoms with Crippen molar-refractivity contribution in [2.75, 3.05) is 5.32 Å². The maximum atomic E-state index is 12.6. The number of carbonyl (C=O) groups is 2. The Morgan fingerprint density at radius 1 is 1.22 bits per heavy atom. The van der Waals surface area contributed by atoms with Gasteiger partial charge in [0.25, 0.3) is 0 Å². The van der Waals surface area contributed by atoms with E-state index in [0.717, 1.165) is 10.9 Å². The van der Waals surface area contributed by atoms with Crippen molar-refractivity contribution >= 4 is 28.5 Å². The van der Waals surface area contributed by atoms with E-state index in [1.165, 1.54) is 12.1 Å². The molecule has 0 saturated carbocycles. The molecule has 1 amide bonds. The van der Waals surface area contributed by atoms with E-state index in [1.807, 2.05) is 45.2 Å². The minimum Gasteiger partial charge on any atom is -0.489 e. The molecular weight excluding hydrogens is 346 g/mol. The molecule has 0 spiro atoms. The van der Waals surface area contributed by atoms with Gasteiger partial charge in [0.05, 0.1) is 35.0 Å². The number of anilines is 1. The average molecular weight is 367 g/mol. The molecule has 0 saturated heterocycles. The van der Waals surface area contributed by atoms with Crippen LogP contribution in [0.3, 0.4) is 0 Å². The molecule has 0 aliphatic carbocycles. The van der Waals surface area contributed by atoms with Gasteiger partial charge in [-0.15, -0.1) is 0 Å². The minimum atomic E-state index is -1.07. The molecular formula is C20H21N3O4. The van der Waals surface area contributed by atoms with Crippen molar-refractivity contribution in [1.82, 2.24) is 9.78 Å². The Morgan fingerprint density at radius 3 is 2.67 bits per heavy atom. The lowest BCUT2D eigenvalue weighted by molar-refractivity contribution is -0.115. The molecule has 7 nitrogen and oxygen atoms in total. The van der Waals surface area contributed by atoms with Gasteiger partial charge in [0.15, 0.2) is 0 Å². The molecule has 0 fully saturated rings. The number of carbonyl (C=O) groups excluding carboxylic acids is 1. The summed E-state index contributed by atoms with van der Waals surface area (Å²) in [5, 5.41) is 17.3. The monoisotopic (exact) mass is 367 g/mol. The summed E-state index contributed by atoms with van der Waals surface area (Å²) in [6.45, 7) is 3.72. The molecule has 0 unspecified atom stereocenters. The lowest BCUT2D eigenvalue weighted by Crippen LogP contribution is -2.17. The van der Waals surface area contributed by atoms with Crippen LogP contribution in [0.4, 0.5) is 5.69 Å².